The Bertz CT molecular complexity index is 514. The molecule has 1 aromatic carbocycles. The first-order valence-corrected chi connectivity index (χ1v) is 7.04. The molecular formula is C13H16BBrO4. The molecule has 0 saturated carbocycles. The molecule has 4 nitrogen and oxygen atoms in total. The second-order valence-corrected chi connectivity index (χ2v) is 6.73. The lowest BCUT2D eigenvalue weighted by molar-refractivity contribution is 0.00578. The number of halogens is 1. The van der Waals surface area contributed by atoms with Gasteiger partial charge in [0.05, 0.1) is 11.2 Å². The summed E-state index contributed by atoms with van der Waals surface area (Å²) in [7, 11) is -0.446. The Morgan fingerprint density at radius 3 is 2.32 bits per heavy atom. The topological polar surface area (TPSA) is 36.9 Å². The van der Waals surface area contributed by atoms with Crippen molar-refractivity contribution in [2.45, 2.75) is 38.9 Å². The molecule has 1 fully saturated rings. The molecule has 0 N–H and O–H groups in total. The number of benzene rings is 1. The summed E-state index contributed by atoms with van der Waals surface area (Å²) < 4.78 is 24.0. The highest BCUT2D eigenvalue weighted by molar-refractivity contribution is 9.10. The van der Waals surface area contributed by atoms with Gasteiger partial charge in [-0.1, -0.05) is 15.9 Å². The van der Waals surface area contributed by atoms with Crippen LogP contribution in [-0.2, 0) is 9.31 Å². The van der Waals surface area contributed by atoms with Crippen LogP contribution in [0.5, 0.6) is 11.5 Å². The maximum absolute atomic E-state index is 6.05. The van der Waals surface area contributed by atoms with Gasteiger partial charge < -0.3 is 18.8 Å². The molecule has 0 aromatic heterocycles. The van der Waals surface area contributed by atoms with E-state index in [1.807, 2.05) is 39.8 Å². The lowest BCUT2D eigenvalue weighted by Crippen LogP contribution is -2.41. The normalized spacial score (nSPS) is 22.9. The molecule has 3 rings (SSSR count). The Morgan fingerprint density at radius 1 is 1.05 bits per heavy atom. The molecule has 0 spiro atoms. The van der Waals surface area contributed by atoms with E-state index in [2.05, 4.69) is 15.9 Å². The summed E-state index contributed by atoms with van der Waals surface area (Å²) >= 11 is 3.47. The van der Waals surface area contributed by atoms with Crippen LogP contribution in [0.4, 0.5) is 0 Å². The Labute approximate surface area is 121 Å². The second-order valence-electron chi connectivity index (χ2n) is 5.82. The van der Waals surface area contributed by atoms with Crippen LogP contribution in [0, 0.1) is 0 Å². The van der Waals surface area contributed by atoms with Gasteiger partial charge in [0.25, 0.3) is 0 Å². The zero-order valence-corrected chi connectivity index (χ0v) is 13.0. The molecule has 1 aromatic rings. The molecule has 0 bridgehead atoms. The number of ether oxygens (including phenoxy) is 2. The maximum Gasteiger partial charge on any atom is 0.498 e. The minimum absolute atomic E-state index is 0.234. The minimum Gasteiger partial charge on any atom is -0.454 e. The van der Waals surface area contributed by atoms with E-state index in [1.165, 1.54) is 0 Å². The summed E-state index contributed by atoms with van der Waals surface area (Å²) in [5.74, 6) is 1.43. The van der Waals surface area contributed by atoms with Crippen LogP contribution in [0.1, 0.15) is 27.7 Å². The van der Waals surface area contributed by atoms with Crippen molar-refractivity contribution in [1.29, 1.82) is 0 Å². The predicted molar refractivity (Wildman–Crippen MR) is 76.0 cm³/mol. The fourth-order valence-electron chi connectivity index (χ4n) is 2.15. The van der Waals surface area contributed by atoms with E-state index in [0.29, 0.717) is 5.75 Å². The Kier molecular flexibility index (Phi) is 2.89. The van der Waals surface area contributed by atoms with Gasteiger partial charge in [-0.25, -0.2) is 0 Å². The lowest BCUT2D eigenvalue weighted by Gasteiger charge is -2.32. The summed E-state index contributed by atoms with van der Waals surface area (Å²) in [4.78, 5) is 0. The summed E-state index contributed by atoms with van der Waals surface area (Å²) in [5.41, 5.74) is 0.124. The third kappa shape index (κ3) is 2.06. The Morgan fingerprint density at radius 2 is 1.68 bits per heavy atom. The molecule has 2 aliphatic rings. The number of rotatable bonds is 1. The van der Waals surface area contributed by atoms with Crippen molar-refractivity contribution in [1.82, 2.24) is 0 Å². The van der Waals surface area contributed by atoms with Gasteiger partial charge in [-0.15, -0.1) is 0 Å². The van der Waals surface area contributed by atoms with Crippen molar-refractivity contribution in [2.24, 2.45) is 0 Å². The zero-order valence-electron chi connectivity index (χ0n) is 11.5. The molecule has 0 amide bonds. The van der Waals surface area contributed by atoms with Crippen LogP contribution in [0.25, 0.3) is 0 Å². The Balaban J connectivity index is 2.01. The number of hydrogen-bond acceptors (Lipinski definition) is 4. The van der Waals surface area contributed by atoms with E-state index in [-0.39, 0.29) is 18.0 Å². The summed E-state index contributed by atoms with van der Waals surface area (Å²) in [6.07, 6.45) is 0. The fraction of sp³-hybridized carbons (Fsp3) is 0.538. The first kappa shape index (κ1) is 13.3. The highest BCUT2D eigenvalue weighted by Gasteiger charge is 2.53. The van der Waals surface area contributed by atoms with Crippen LogP contribution in [-0.4, -0.2) is 25.1 Å². The van der Waals surface area contributed by atoms with E-state index in [1.54, 1.807) is 0 Å². The molecule has 2 heterocycles. The van der Waals surface area contributed by atoms with Crippen molar-refractivity contribution in [3.63, 3.8) is 0 Å². The smallest absolute Gasteiger partial charge is 0.454 e. The van der Waals surface area contributed by atoms with Crippen LogP contribution in [0.15, 0.2) is 16.6 Å². The van der Waals surface area contributed by atoms with Crippen LogP contribution in [0.2, 0.25) is 0 Å². The van der Waals surface area contributed by atoms with Crippen molar-refractivity contribution in [2.75, 3.05) is 6.79 Å². The van der Waals surface area contributed by atoms with Gasteiger partial charge in [-0.05, 0) is 39.8 Å². The van der Waals surface area contributed by atoms with E-state index in [9.17, 15) is 0 Å². The third-order valence-corrected chi connectivity index (χ3v) is 4.43. The van der Waals surface area contributed by atoms with E-state index in [0.717, 1.165) is 15.7 Å². The number of fused-ring (bicyclic) bond motifs is 1. The van der Waals surface area contributed by atoms with Gasteiger partial charge in [-0.3, -0.25) is 0 Å². The van der Waals surface area contributed by atoms with Gasteiger partial charge in [0.15, 0.2) is 11.5 Å². The summed E-state index contributed by atoms with van der Waals surface area (Å²) in [5, 5.41) is 0. The molecule has 0 unspecified atom stereocenters. The van der Waals surface area contributed by atoms with Crippen molar-refractivity contribution >= 4 is 28.5 Å². The minimum atomic E-state index is -0.446. The van der Waals surface area contributed by atoms with E-state index in [4.69, 9.17) is 18.8 Å². The van der Waals surface area contributed by atoms with Crippen molar-refractivity contribution in [3.05, 3.63) is 16.6 Å². The van der Waals surface area contributed by atoms with Crippen LogP contribution >= 0.6 is 15.9 Å². The molecule has 1 saturated heterocycles. The van der Waals surface area contributed by atoms with Gasteiger partial charge >= 0.3 is 7.12 Å². The first-order valence-electron chi connectivity index (χ1n) is 6.25. The lowest BCUT2D eigenvalue weighted by atomic mass is 9.78. The van der Waals surface area contributed by atoms with E-state index >= 15 is 0 Å². The summed E-state index contributed by atoms with van der Waals surface area (Å²) in [6.45, 7) is 8.36. The zero-order chi connectivity index (χ0) is 13.8. The number of hydrogen-bond donors (Lipinski definition) is 0. The Hall–Kier alpha value is -0.715. The van der Waals surface area contributed by atoms with Crippen LogP contribution < -0.4 is 14.9 Å². The largest absolute Gasteiger partial charge is 0.498 e. The standard InChI is InChI=1S/C13H16BBrO4/c1-12(2)13(3,4)19-14(18-12)9-5-8(15)6-10-11(9)17-7-16-10/h5-6H,7H2,1-4H3. The average Bonchev–Trinajstić information content (AvgIpc) is 2.80. The molecule has 102 valence electrons. The predicted octanol–water partition coefficient (Wildman–Crippen LogP) is 2.48. The molecule has 0 radical (unpaired) electrons. The van der Waals surface area contributed by atoms with Gasteiger partial charge in [0.2, 0.25) is 6.79 Å². The molecule has 2 aliphatic heterocycles. The molecular weight excluding hydrogens is 311 g/mol. The maximum atomic E-state index is 6.05. The highest BCUT2D eigenvalue weighted by Crippen LogP contribution is 2.40. The van der Waals surface area contributed by atoms with Crippen LogP contribution in [0.3, 0.4) is 0 Å². The molecule has 0 aliphatic carbocycles. The first-order chi connectivity index (χ1) is 8.80. The summed E-state index contributed by atoms with van der Waals surface area (Å²) in [6, 6.07) is 3.84. The molecule has 0 atom stereocenters. The van der Waals surface area contributed by atoms with Gasteiger partial charge in [0.1, 0.15) is 0 Å². The SMILES string of the molecule is CC1(C)OB(c2cc(Br)cc3c2OCO3)OC1(C)C. The monoisotopic (exact) mass is 326 g/mol. The van der Waals surface area contributed by atoms with Gasteiger partial charge in [0, 0.05) is 9.94 Å². The highest BCUT2D eigenvalue weighted by atomic mass is 79.9. The quantitative estimate of drug-likeness (QED) is 0.743. The molecule has 6 heteroatoms. The van der Waals surface area contributed by atoms with Crippen molar-refractivity contribution < 1.29 is 18.8 Å². The average molecular weight is 327 g/mol. The second kappa shape index (κ2) is 4.14. The van der Waals surface area contributed by atoms with Gasteiger partial charge in [-0.2, -0.15) is 0 Å². The fourth-order valence-corrected chi connectivity index (χ4v) is 2.60. The van der Waals surface area contributed by atoms with Crippen molar-refractivity contribution in [3.8, 4) is 11.5 Å². The van der Waals surface area contributed by atoms with E-state index < -0.39 is 7.12 Å². The third-order valence-electron chi connectivity index (χ3n) is 3.97. The molecule has 19 heavy (non-hydrogen) atoms.